The third kappa shape index (κ3) is 5.37. The van der Waals surface area contributed by atoms with E-state index in [4.69, 9.17) is 10.8 Å². The fourth-order valence-electron chi connectivity index (χ4n) is 1.04. The third-order valence-corrected chi connectivity index (χ3v) is 2.08. The maximum Gasteiger partial charge on any atom is 0.305 e. The van der Waals surface area contributed by atoms with E-state index in [1.54, 1.807) is 6.92 Å². The average molecular weight is 216 g/mol. The number of carboxylic acid groups (broad SMARTS) is 1. The summed E-state index contributed by atoms with van der Waals surface area (Å²) in [7, 11) is 0. The maximum absolute atomic E-state index is 11.6. The second kappa shape index (κ2) is 5.11. The lowest BCUT2D eigenvalue weighted by molar-refractivity contribution is -0.137. The van der Waals surface area contributed by atoms with Gasteiger partial charge < -0.3 is 16.2 Å². The molecule has 1 amide bonds. The van der Waals surface area contributed by atoms with Gasteiger partial charge in [0.15, 0.2) is 0 Å². The van der Waals surface area contributed by atoms with E-state index in [1.165, 1.54) is 0 Å². The Bertz CT molecular complexity index is 246. The first-order valence-electron chi connectivity index (χ1n) is 4.92. The van der Waals surface area contributed by atoms with E-state index in [0.717, 1.165) is 0 Å². The lowest BCUT2D eigenvalue weighted by Gasteiger charge is -2.27. The topological polar surface area (TPSA) is 92.4 Å². The van der Waals surface area contributed by atoms with Gasteiger partial charge >= 0.3 is 5.97 Å². The highest BCUT2D eigenvalue weighted by atomic mass is 16.4. The van der Waals surface area contributed by atoms with Crippen LogP contribution < -0.4 is 11.1 Å². The van der Waals surface area contributed by atoms with Crippen LogP contribution in [0, 0.1) is 5.41 Å². The molecular weight excluding hydrogens is 196 g/mol. The predicted octanol–water partition coefficient (Wildman–Crippen LogP) is 0.339. The second-order valence-corrected chi connectivity index (χ2v) is 4.85. The summed E-state index contributed by atoms with van der Waals surface area (Å²) < 4.78 is 0. The van der Waals surface area contributed by atoms with Crippen LogP contribution in [-0.4, -0.2) is 29.1 Å². The van der Waals surface area contributed by atoms with Gasteiger partial charge in [0.2, 0.25) is 5.91 Å². The SMILES string of the molecule is CC(CC(=O)O)NC(=O)[C@@H](N)C(C)(C)C. The molecule has 0 rings (SSSR count). The largest absolute Gasteiger partial charge is 0.481 e. The molecule has 0 aromatic carbocycles. The minimum absolute atomic E-state index is 0.0946. The zero-order valence-electron chi connectivity index (χ0n) is 9.70. The summed E-state index contributed by atoms with van der Waals surface area (Å²) in [4.78, 5) is 21.9. The van der Waals surface area contributed by atoms with Gasteiger partial charge in [-0.1, -0.05) is 20.8 Å². The van der Waals surface area contributed by atoms with Crippen molar-refractivity contribution in [2.75, 3.05) is 0 Å². The summed E-state index contributed by atoms with van der Waals surface area (Å²) in [6, 6.07) is -1.03. The van der Waals surface area contributed by atoms with Crippen molar-refractivity contribution in [2.45, 2.75) is 46.2 Å². The number of carbonyl (C=O) groups is 2. The van der Waals surface area contributed by atoms with Crippen LogP contribution in [0.5, 0.6) is 0 Å². The van der Waals surface area contributed by atoms with E-state index < -0.39 is 18.1 Å². The van der Waals surface area contributed by atoms with Crippen LogP contribution >= 0.6 is 0 Å². The van der Waals surface area contributed by atoms with Gasteiger partial charge in [-0.3, -0.25) is 9.59 Å². The molecule has 5 nitrogen and oxygen atoms in total. The van der Waals surface area contributed by atoms with Crippen molar-refractivity contribution in [1.29, 1.82) is 0 Å². The van der Waals surface area contributed by atoms with Gasteiger partial charge in [-0.05, 0) is 12.3 Å². The highest BCUT2D eigenvalue weighted by molar-refractivity contribution is 5.83. The smallest absolute Gasteiger partial charge is 0.305 e. The van der Waals surface area contributed by atoms with Gasteiger partial charge in [-0.25, -0.2) is 0 Å². The average Bonchev–Trinajstić information content (AvgIpc) is 1.99. The van der Waals surface area contributed by atoms with E-state index >= 15 is 0 Å². The molecule has 88 valence electrons. The molecule has 0 saturated carbocycles. The van der Waals surface area contributed by atoms with Crippen molar-refractivity contribution in [3.8, 4) is 0 Å². The normalized spacial score (nSPS) is 15.5. The van der Waals surface area contributed by atoms with E-state index in [0.29, 0.717) is 0 Å². The number of hydrogen-bond acceptors (Lipinski definition) is 3. The first-order chi connectivity index (χ1) is 6.64. The van der Waals surface area contributed by atoms with Gasteiger partial charge in [0.05, 0.1) is 12.5 Å². The minimum Gasteiger partial charge on any atom is -0.481 e. The Morgan fingerprint density at radius 2 is 1.87 bits per heavy atom. The Labute approximate surface area is 90.0 Å². The predicted molar refractivity (Wildman–Crippen MR) is 57.3 cm³/mol. The monoisotopic (exact) mass is 216 g/mol. The number of rotatable bonds is 4. The second-order valence-electron chi connectivity index (χ2n) is 4.85. The molecule has 0 radical (unpaired) electrons. The molecule has 0 saturated heterocycles. The highest BCUT2D eigenvalue weighted by Gasteiger charge is 2.28. The summed E-state index contributed by atoms with van der Waals surface area (Å²) in [6.07, 6.45) is -0.0946. The summed E-state index contributed by atoms with van der Waals surface area (Å²) >= 11 is 0. The molecular formula is C10H20N2O3. The van der Waals surface area contributed by atoms with E-state index in [1.807, 2.05) is 20.8 Å². The minimum atomic E-state index is -0.938. The molecule has 0 spiro atoms. The first-order valence-corrected chi connectivity index (χ1v) is 4.92. The van der Waals surface area contributed by atoms with Crippen LogP contribution in [0.4, 0.5) is 0 Å². The van der Waals surface area contributed by atoms with Crippen molar-refractivity contribution >= 4 is 11.9 Å². The van der Waals surface area contributed by atoms with Crippen LogP contribution in [0.25, 0.3) is 0 Å². The van der Waals surface area contributed by atoms with E-state index in [9.17, 15) is 9.59 Å². The van der Waals surface area contributed by atoms with Crippen molar-refractivity contribution in [3.63, 3.8) is 0 Å². The molecule has 0 bridgehead atoms. The van der Waals surface area contributed by atoms with E-state index in [2.05, 4.69) is 5.32 Å². The lowest BCUT2D eigenvalue weighted by atomic mass is 9.87. The first kappa shape index (κ1) is 13.9. The Kier molecular flexibility index (Phi) is 4.74. The molecule has 2 atom stereocenters. The Morgan fingerprint density at radius 3 is 2.20 bits per heavy atom. The van der Waals surface area contributed by atoms with E-state index in [-0.39, 0.29) is 17.7 Å². The van der Waals surface area contributed by atoms with Crippen molar-refractivity contribution in [2.24, 2.45) is 11.1 Å². The van der Waals surface area contributed by atoms with Crippen molar-refractivity contribution < 1.29 is 14.7 Å². The molecule has 5 heteroatoms. The van der Waals surface area contributed by atoms with Crippen LogP contribution in [0.2, 0.25) is 0 Å². The number of nitrogens with one attached hydrogen (secondary N) is 1. The molecule has 0 aliphatic rings. The third-order valence-electron chi connectivity index (χ3n) is 2.08. The molecule has 0 aliphatic carbocycles. The molecule has 0 heterocycles. The Hall–Kier alpha value is -1.10. The van der Waals surface area contributed by atoms with Gasteiger partial charge in [0.1, 0.15) is 0 Å². The number of hydrogen-bond donors (Lipinski definition) is 3. The Balaban J connectivity index is 4.19. The molecule has 1 unspecified atom stereocenters. The summed E-state index contributed by atoms with van der Waals surface area (Å²) in [5, 5.41) is 11.1. The van der Waals surface area contributed by atoms with Crippen LogP contribution in [0.3, 0.4) is 0 Å². The van der Waals surface area contributed by atoms with Crippen molar-refractivity contribution in [3.05, 3.63) is 0 Å². The maximum atomic E-state index is 11.6. The number of carboxylic acids is 1. The molecule has 0 fully saturated rings. The van der Waals surface area contributed by atoms with Crippen LogP contribution in [-0.2, 0) is 9.59 Å². The summed E-state index contributed by atoms with van der Waals surface area (Å²) in [5.41, 5.74) is 5.39. The Morgan fingerprint density at radius 1 is 1.40 bits per heavy atom. The fourth-order valence-corrected chi connectivity index (χ4v) is 1.04. The summed E-state index contributed by atoms with van der Waals surface area (Å²) in [5.74, 6) is -1.25. The van der Waals surface area contributed by atoms with Gasteiger partial charge in [0.25, 0.3) is 0 Å². The highest BCUT2D eigenvalue weighted by Crippen LogP contribution is 2.17. The number of nitrogens with two attached hydrogens (primary N) is 1. The molecule has 15 heavy (non-hydrogen) atoms. The molecule has 4 N–H and O–H groups in total. The van der Waals surface area contributed by atoms with Crippen LogP contribution in [0.1, 0.15) is 34.1 Å². The quantitative estimate of drug-likeness (QED) is 0.631. The number of aliphatic carboxylic acids is 1. The van der Waals surface area contributed by atoms with Crippen molar-refractivity contribution in [1.82, 2.24) is 5.32 Å². The molecule has 0 aromatic rings. The number of amides is 1. The molecule has 0 aromatic heterocycles. The zero-order chi connectivity index (χ0) is 12.2. The summed E-state index contributed by atoms with van der Waals surface area (Å²) in [6.45, 7) is 7.22. The van der Waals surface area contributed by atoms with Gasteiger partial charge in [0, 0.05) is 6.04 Å². The van der Waals surface area contributed by atoms with Crippen LogP contribution in [0.15, 0.2) is 0 Å². The van der Waals surface area contributed by atoms with Gasteiger partial charge in [-0.15, -0.1) is 0 Å². The molecule has 0 aliphatic heterocycles. The zero-order valence-corrected chi connectivity index (χ0v) is 9.70. The number of carbonyl (C=O) groups excluding carboxylic acids is 1. The van der Waals surface area contributed by atoms with Gasteiger partial charge in [-0.2, -0.15) is 0 Å². The lowest BCUT2D eigenvalue weighted by Crippen LogP contribution is -2.51. The fraction of sp³-hybridized carbons (Fsp3) is 0.800. The standard InChI is InChI=1S/C10H20N2O3/c1-6(5-7(13)14)12-9(15)8(11)10(2,3)4/h6,8H,5,11H2,1-4H3,(H,12,15)(H,13,14)/t6?,8-/m1/s1.